The third-order valence-corrected chi connectivity index (χ3v) is 6.46. The monoisotopic (exact) mass is 392 g/mol. The van der Waals surface area contributed by atoms with Crippen molar-refractivity contribution in [1.82, 2.24) is 4.98 Å². The molecule has 0 amide bonds. The molecule has 0 radical (unpaired) electrons. The molecule has 0 saturated carbocycles. The molecule has 1 aromatic carbocycles. The third kappa shape index (κ3) is 3.73. The van der Waals surface area contributed by atoms with E-state index in [1.54, 1.807) is 30.3 Å². The molecule has 8 heteroatoms. The molecule has 5 nitrogen and oxygen atoms in total. The Morgan fingerprint density at radius 2 is 1.69 bits per heavy atom. The van der Waals surface area contributed by atoms with Gasteiger partial charge in [-0.2, -0.15) is 4.72 Å². The Kier molecular flexibility index (Phi) is 5.30. The molecule has 0 spiro atoms. The van der Waals surface area contributed by atoms with Crippen molar-refractivity contribution in [3.05, 3.63) is 47.1 Å². The summed E-state index contributed by atoms with van der Waals surface area (Å²) < 4.78 is 27.5. The molecule has 1 saturated heterocycles. The van der Waals surface area contributed by atoms with Crippen molar-refractivity contribution in [1.29, 1.82) is 0 Å². The lowest BCUT2D eigenvalue weighted by atomic mass is 9.78. The van der Waals surface area contributed by atoms with Crippen molar-refractivity contribution >= 4 is 41.4 Å². The topological polar surface area (TPSA) is 66.4 Å². The van der Waals surface area contributed by atoms with Crippen LogP contribution in [0, 0.1) is 6.92 Å². The number of nitrogens with zero attached hydrogens (tertiary/aromatic N) is 1. The molecule has 2 heterocycles. The van der Waals surface area contributed by atoms with Crippen LogP contribution in [0.25, 0.3) is 0 Å². The molecular weight excluding hydrogens is 371 g/mol. The summed E-state index contributed by atoms with van der Waals surface area (Å²) in [5, 5.41) is 0.448. The normalized spacial score (nSPS) is 19.4. The molecule has 1 atom stereocenters. The van der Waals surface area contributed by atoms with Crippen LogP contribution in [0.5, 0.6) is 0 Å². The van der Waals surface area contributed by atoms with Crippen molar-refractivity contribution in [2.45, 2.75) is 50.7 Å². The van der Waals surface area contributed by atoms with E-state index < -0.39 is 29.7 Å². The van der Waals surface area contributed by atoms with E-state index in [1.165, 1.54) is 0 Å². The number of halogens is 1. The molecule has 1 unspecified atom stereocenters. The van der Waals surface area contributed by atoms with E-state index in [9.17, 15) is 4.55 Å². The first-order valence-corrected chi connectivity index (χ1v) is 9.90. The predicted molar refractivity (Wildman–Crippen MR) is 106 cm³/mol. The smallest absolute Gasteiger partial charge is 0.496 e. The maximum Gasteiger partial charge on any atom is 0.496 e. The van der Waals surface area contributed by atoms with Gasteiger partial charge in [-0.15, -0.1) is 0 Å². The van der Waals surface area contributed by atoms with Gasteiger partial charge >= 0.3 is 7.12 Å². The average Bonchev–Trinajstić information content (AvgIpc) is 2.75. The molecule has 0 aliphatic carbocycles. The first kappa shape index (κ1) is 19.5. The van der Waals surface area contributed by atoms with Crippen LogP contribution in [0.3, 0.4) is 0 Å². The molecule has 3 rings (SSSR count). The summed E-state index contributed by atoms with van der Waals surface area (Å²) in [4.78, 5) is 5.02. The van der Waals surface area contributed by atoms with Crippen LogP contribution in [0.2, 0.25) is 5.02 Å². The number of hydrogen-bond donors (Lipinski definition) is 1. The molecule has 1 fully saturated rings. The lowest BCUT2D eigenvalue weighted by Crippen LogP contribution is -2.41. The summed E-state index contributed by atoms with van der Waals surface area (Å²) >= 11 is 4.60. The highest BCUT2D eigenvalue weighted by molar-refractivity contribution is 7.92. The lowest BCUT2D eigenvalue weighted by molar-refractivity contribution is 0.00578. The van der Waals surface area contributed by atoms with Crippen LogP contribution in [-0.4, -0.2) is 27.9 Å². The van der Waals surface area contributed by atoms with E-state index in [0.717, 1.165) is 11.2 Å². The van der Waals surface area contributed by atoms with Gasteiger partial charge in [-0.1, -0.05) is 29.8 Å². The number of anilines is 1. The van der Waals surface area contributed by atoms with Gasteiger partial charge in [-0.3, -0.25) is 0 Å². The van der Waals surface area contributed by atoms with Gasteiger partial charge in [0.15, 0.2) is 10.7 Å². The fourth-order valence-electron chi connectivity index (χ4n) is 2.59. The van der Waals surface area contributed by atoms with Gasteiger partial charge < -0.3 is 13.9 Å². The highest BCUT2D eigenvalue weighted by Crippen LogP contribution is 2.36. The number of aryl methyl sites for hydroxylation is 1. The maximum atomic E-state index is 12.5. The van der Waals surface area contributed by atoms with Crippen LogP contribution >= 0.6 is 11.6 Å². The number of pyridine rings is 1. The van der Waals surface area contributed by atoms with Gasteiger partial charge in [0.05, 0.1) is 16.2 Å². The quantitative estimate of drug-likeness (QED) is 0.637. The number of rotatable bonds is 4. The van der Waals surface area contributed by atoms with Crippen LogP contribution in [-0.2, 0) is 20.7 Å². The second-order valence-electron chi connectivity index (χ2n) is 7.26. The minimum atomic E-state index is -1.49. The zero-order chi connectivity index (χ0) is 19.1. The summed E-state index contributed by atoms with van der Waals surface area (Å²) in [5.41, 5.74) is 0.793. The highest BCUT2D eigenvalue weighted by Gasteiger charge is 2.52. The SMILES string of the molecule is Cc1nc(N[S+]([O-])c2ccccc2Cl)ccc1B1OC(C)(C)C(C)(C)O1. The largest absolute Gasteiger partial charge is 0.588 e. The zero-order valence-corrected chi connectivity index (χ0v) is 17.1. The molecule has 2 aromatic rings. The minimum absolute atomic E-state index is 0.410. The fraction of sp³-hybridized carbons (Fsp3) is 0.389. The second kappa shape index (κ2) is 7.05. The average molecular weight is 393 g/mol. The van der Waals surface area contributed by atoms with Crippen molar-refractivity contribution in [3.63, 3.8) is 0 Å². The Morgan fingerprint density at radius 1 is 1.08 bits per heavy atom. The van der Waals surface area contributed by atoms with Crippen molar-refractivity contribution < 1.29 is 13.9 Å². The van der Waals surface area contributed by atoms with Gasteiger partial charge in [-0.05, 0) is 52.8 Å². The highest BCUT2D eigenvalue weighted by atomic mass is 35.5. The van der Waals surface area contributed by atoms with Crippen molar-refractivity contribution in [3.8, 4) is 0 Å². The molecule has 1 aromatic heterocycles. The standard InChI is InChI=1S/C18H22BClN2O3S/c1-12-13(19-24-17(2,3)18(4,5)25-19)10-11-16(21-12)22-26(23)15-9-7-6-8-14(15)20/h6-11H,1-5H3,(H,21,22). The third-order valence-electron chi connectivity index (χ3n) is 4.87. The van der Waals surface area contributed by atoms with E-state index in [-0.39, 0.29) is 0 Å². The van der Waals surface area contributed by atoms with E-state index in [1.807, 2.05) is 40.7 Å². The Labute approximate surface area is 162 Å². The number of aromatic nitrogens is 1. The molecule has 1 aliphatic heterocycles. The van der Waals surface area contributed by atoms with Gasteiger partial charge in [0.25, 0.3) is 0 Å². The minimum Gasteiger partial charge on any atom is -0.588 e. The zero-order valence-electron chi connectivity index (χ0n) is 15.5. The number of nitrogens with one attached hydrogen (secondary N) is 1. The molecule has 1 aliphatic rings. The van der Waals surface area contributed by atoms with E-state index in [4.69, 9.17) is 20.9 Å². The first-order chi connectivity index (χ1) is 12.1. The van der Waals surface area contributed by atoms with Crippen LogP contribution in [0.4, 0.5) is 5.82 Å². The van der Waals surface area contributed by atoms with Crippen LogP contribution < -0.4 is 10.2 Å². The Bertz CT molecular complexity index is 803. The van der Waals surface area contributed by atoms with Crippen LogP contribution in [0.1, 0.15) is 33.4 Å². The van der Waals surface area contributed by atoms with E-state index >= 15 is 0 Å². The fourth-order valence-corrected chi connectivity index (χ4v) is 3.80. The summed E-state index contributed by atoms with van der Waals surface area (Å²) in [6.07, 6.45) is 0. The summed E-state index contributed by atoms with van der Waals surface area (Å²) in [6, 6.07) is 10.7. The Morgan fingerprint density at radius 3 is 2.27 bits per heavy atom. The number of benzene rings is 1. The maximum absolute atomic E-state index is 12.5. The van der Waals surface area contributed by atoms with E-state index in [0.29, 0.717) is 15.7 Å². The predicted octanol–water partition coefficient (Wildman–Crippen LogP) is 3.48. The molecule has 26 heavy (non-hydrogen) atoms. The lowest BCUT2D eigenvalue weighted by Gasteiger charge is -2.32. The second-order valence-corrected chi connectivity index (χ2v) is 8.85. The molecular formula is C18H22BClN2O3S. The molecule has 1 N–H and O–H groups in total. The van der Waals surface area contributed by atoms with Gasteiger partial charge in [0.2, 0.25) is 0 Å². The Hall–Kier alpha value is -1.25. The van der Waals surface area contributed by atoms with Crippen LogP contribution in [0.15, 0.2) is 41.3 Å². The van der Waals surface area contributed by atoms with E-state index in [2.05, 4.69) is 9.71 Å². The van der Waals surface area contributed by atoms with Gasteiger partial charge in [0.1, 0.15) is 11.4 Å². The summed E-state index contributed by atoms with van der Waals surface area (Å²) in [6.45, 7) is 9.93. The molecule has 138 valence electrons. The molecule has 0 bridgehead atoms. The van der Waals surface area contributed by atoms with Gasteiger partial charge in [0, 0.05) is 11.2 Å². The Balaban J connectivity index is 1.78. The summed E-state index contributed by atoms with van der Waals surface area (Å²) in [5.74, 6) is 0.501. The van der Waals surface area contributed by atoms with Crippen molar-refractivity contribution in [2.24, 2.45) is 0 Å². The first-order valence-electron chi connectivity index (χ1n) is 8.37. The van der Waals surface area contributed by atoms with Gasteiger partial charge in [-0.25, -0.2) is 4.98 Å². The summed E-state index contributed by atoms with van der Waals surface area (Å²) in [7, 11) is -0.476. The number of hydrogen-bond acceptors (Lipinski definition) is 5. The van der Waals surface area contributed by atoms with Crippen molar-refractivity contribution in [2.75, 3.05) is 4.72 Å².